The van der Waals surface area contributed by atoms with E-state index in [0.29, 0.717) is 19.7 Å². The van der Waals surface area contributed by atoms with Crippen molar-refractivity contribution in [3.8, 4) is 0 Å². The summed E-state index contributed by atoms with van der Waals surface area (Å²) in [4.78, 5) is 4.53. The standard InChI is InChI=1S/C14H28N6O2.HI/c1-5-22-9-6-7-15-14(16-8-10-21-4)17-11-13-19-18-12(2)20(13)3;/h5-11H2,1-4H3,(H2,15,16,17);1H. The summed E-state index contributed by atoms with van der Waals surface area (Å²) < 4.78 is 12.3. The van der Waals surface area contributed by atoms with E-state index in [2.05, 4.69) is 25.8 Å². The molecule has 0 radical (unpaired) electrons. The summed E-state index contributed by atoms with van der Waals surface area (Å²) in [6.07, 6.45) is 0.932. The molecule has 0 aliphatic heterocycles. The normalized spacial score (nSPS) is 11.2. The number of halogens is 1. The molecular weight excluding hydrogens is 411 g/mol. The van der Waals surface area contributed by atoms with Crippen molar-refractivity contribution in [1.82, 2.24) is 25.4 Å². The molecule has 9 heteroatoms. The van der Waals surface area contributed by atoms with Gasteiger partial charge in [0.25, 0.3) is 0 Å². The minimum atomic E-state index is 0. The van der Waals surface area contributed by atoms with Gasteiger partial charge in [0, 0.05) is 40.5 Å². The van der Waals surface area contributed by atoms with Crippen LogP contribution in [0.3, 0.4) is 0 Å². The van der Waals surface area contributed by atoms with E-state index < -0.39 is 0 Å². The first-order chi connectivity index (χ1) is 10.7. The molecular formula is C14H29IN6O2. The van der Waals surface area contributed by atoms with Crippen LogP contribution in [0.1, 0.15) is 25.0 Å². The zero-order valence-electron chi connectivity index (χ0n) is 14.5. The van der Waals surface area contributed by atoms with Crippen molar-refractivity contribution < 1.29 is 9.47 Å². The van der Waals surface area contributed by atoms with Crippen molar-refractivity contribution >= 4 is 29.9 Å². The second-order valence-corrected chi connectivity index (χ2v) is 4.78. The minimum absolute atomic E-state index is 0. The number of guanidine groups is 1. The molecule has 1 heterocycles. The van der Waals surface area contributed by atoms with E-state index in [1.54, 1.807) is 7.11 Å². The molecule has 1 aromatic rings. The van der Waals surface area contributed by atoms with Crippen LogP contribution in [0, 0.1) is 6.92 Å². The summed E-state index contributed by atoms with van der Waals surface area (Å²) in [5.41, 5.74) is 0. The number of nitrogens with one attached hydrogen (secondary N) is 2. The Hall–Kier alpha value is -0.940. The fourth-order valence-electron chi connectivity index (χ4n) is 1.71. The van der Waals surface area contributed by atoms with Gasteiger partial charge in [-0.1, -0.05) is 0 Å². The molecule has 0 bridgehead atoms. The van der Waals surface area contributed by atoms with Crippen molar-refractivity contribution in [1.29, 1.82) is 0 Å². The zero-order valence-corrected chi connectivity index (χ0v) is 16.8. The first-order valence-corrected chi connectivity index (χ1v) is 7.62. The van der Waals surface area contributed by atoms with Crippen molar-refractivity contribution in [2.75, 3.05) is 40.0 Å². The lowest BCUT2D eigenvalue weighted by Gasteiger charge is -2.12. The molecule has 0 spiro atoms. The molecule has 23 heavy (non-hydrogen) atoms. The van der Waals surface area contributed by atoms with E-state index in [9.17, 15) is 0 Å². The Morgan fingerprint density at radius 1 is 1.22 bits per heavy atom. The summed E-state index contributed by atoms with van der Waals surface area (Å²) in [5.74, 6) is 2.46. The van der Waals surface area contributed by atoms with E-state index in [0.717, 1.165) is 43.8 Å². The van der Waals surface area contributed by atoms with Crippen LogP contribution < -0.4 is 10.6 Å². The number of rotatable bonds is 10. The maximum atomic E-state index is 5.32. The number of nitrogens with zero attached hydrogens (tertiary/aromatic N) is 4. The number of ether oxygens (including phenoxy) is 2. The van der Waals surface area contributed by atoms with Crippen LogP contribution in [0.5, 0.6) is 0 Å². The first kappa shape index (κ1) is 22.1. The van der Waals surface area contributed by atoms with Gasteiger partial charge >= 0.3 is 0 Å². The van der Waals surface area contributed by atoms with Gasteiger partial charge in [-0.15, -0.1) is 34.2 Å². The smallest absolute Gasteiger partial charge is 0.191 e. The van der Waals surface area contributed by atoms with Crippen LogP contribution >= 0.6 is 24.0 Å². The average molecular weight is 440 g/mol. The molecule has 0 saturated heterocycles. The number of hydrogen-bond donors (Lipinski definition) is 2. The van der Waals surface area contributed by atoms with Crippen LogP contribution in [-0.2, 0) is 23.1 Å². The zero-order chi connectivity index (χ0) is 16.2. The number of hydrogen-bond acceptors (Lipinski definition) is 5. The predicted octanol–water partition coefficient (Wildman–Crippen LogP) is 0.850. The summed E-state index contributed by atoms with van der Waals surface area (Å²) in [7, 11) is 3.62. The van der Waals surface area contributed by atoms with Gasteiger partial charge in [-0.2, -0.15) is 0 Å². The second-order valence-electron chi connectivity index (χ2n) is 4.78. The van der Waals surface area contributed by atoms with E-state index in [4.69, 9.17) is 9.47 Å². The molecule has 8 nitrogen and oxygen atoms in total. The highest BCUT2D eigenvalue weighted by molar-refractivity contribution is 14.0. The van der Waals surface area contributed by atoms with Crippen molar-refractivity contribution in [2.24, 2.45) is 12.0 Å². The van der Waals surface area contributed by atoms with Gasteiger partial charge in [-0.25, -0.2) is 4.99 Å². The lowest BCUT2D eigenvalue weighted by molar-refractivity contribution is 0.145. The fraction of sp³-hybridized carbons (Fsp3) is 0.786. The largest absolute Gasteiger partial charge is 0.383 e. The van der Waals surface area contributed by atoms with Gasteiger partial charge < -0.3 is 24.7 Å². The van der Waals surface area contributed by atoms with Gasteiger partial charge in [-0.05, 0) is 20.3 Å². The van der Waals surface area contributed by atoms with Gasteiger partial charge in [-0.3, -0.25) is 0 Å². The molecule has 1 aromatic heterocycles. The molecule has 0 fully saturated rings. The van der Waals surface area contributed by atoms with Crippen LogP contribution in [0.25, 0.3) is 0 Å². The Kier molecular flexibility index (Phi) is 12.9. The van der Waals surface area contributed by atoms with Gasteiger partial charge in [0.05, 0.1) is 6.61 Å². The average Bonchev–Trinajstić information content (AvgIpc) is 2.83. The third-order valence-electron chi connectivity index (χ3n) is 3.12. The van der Waals surface area contributed by atoms with Crippen LogP contribution in [0.2, 0.25) is 0 Å². The molecule has 0 saturated carbocycles. The van der Waals surface area contributed by atoms with E-state index in [-0.39, 0.29) is 24.0 Å². The molecule has 0 aliphatic carbocycles. The van der Waals surface area contributed by atoms with Crippen molar-refractivity contribution in [3.05, 3.63) is 11.6 Å². The van der Waals surface area contributed by atoms with Crippen LogP contribution in [-0.4, -0.2) is 60.7 Å². The SMILES string of the molecule is CCOCCCNC(=NCc1nnc(C)n1C)NCCOC.I. The maximum Gasteiger partial charge on any atom is 0.191 e. The molecule has 134 valence electrons. The summed E-state index contributed by atoms with van der Waals surface area (Å²) in [6.45, 7) is 8.02. The highest BCUT2D eigenvalue weighted by Gasteiger charge is 2.05. The molecule has 0 aromatic carbocycles. The molecule has 0 unspecified atom stereocenters. The number of aliphatic imine (C=N–C) groups is 1. The van der Waals surface area contributed by atoms with E-state index >= 15 is 0 Å². The highest BCUT2D eigenvalue weighted by Crippen LogP contribution is 1.98. The first-order valence-electron chi connectivity index (χ1n) is 7.62. The summed E-state index contributed by atoms with van der Waals surface area (Å²) in [6, 6.07) is 0. The Bertz CT molecular complexity index is 452. The highest BCUT2D eigenvalue weighted by atomic mass is 127. The Morgan fingerprint density at radius 3 is 2.57 bits per heavy atom. The topological polar surface area (TPSA) is 85.6 Å². The summed E-state index contributed by atoms with van der Waals surface area (Å²) in [5, 5.41) is 14.6. The minimum Gasteiger partial charge on any atom is -0.383 e. The molecule has 0 amide bonds. The summed E-state index contributed by atoms with van der Waals surface area (Å²) >= 11 is 0. The number of aryl methyl sites for hydroxylation is 1. The lowest BCUT2D eigenvalue weighted by atomic mass is 10.4. The number of methoxy groups -OCH3 is 1. The fourth-order valence-corrected chi connectivity index (χ4v) is 1.71. The van der Waals surface area contributed by atoms with Crippen molar-refractivity contribution in [2.45, 2.75) is 26.8 Å². The predicted molar refractivity (Wildman–Crippen MR) is 101 cm³/mol. The molecule has 1 rings (SSSR count). The molecule has 2 N–H and O–H groups in total. The monoisotopic (exact) mass is 440 g/mol. The van der Waals surface area contributed by atoms with E-state index in [1.807, 2.05) is 25.5 Å². The quantitative estimate of drug-likeness (QED) is 0.243. The third-order valence-corrected chi connectivity index (χ3v) is 3.12. The Balaban J connectivity index is 0.00000484. The molecule has 0 aliphatic rings. The van der Waals surface area contributed by atoms with Crippen molar-refractivity contribution in [3.63, 3.8) is 0 Å². The van der Waals surface area contributed by atoms with Gasteiger partial charge in [0.2, 0.25) is 0 Å². The molecule has 0 atom stereocenters. The van der Waals surface area contributed by atoms with Crippen LogP contribution in [0.15, 0.2) is 4.99 Å². The third kappa shape index (κ3) is 9.06. The maximum absolute atomic E-state index is 5.32. The van der Waals surface area contributed by atoms with E-state index in [1.165, 1.54) is 0 Å². The Labute approximate surface area is 155 Å². The Morgan fingerprint density at radius 2 is 1.96 bits per heavy atom. The van der Waals surface area contributed by atoms with Crippen LogP contribution in [0.4, 0.5) is 0 Å². The van der Waals surface area contributed by atoms with Gasteiger partial charge in [0.1, 0.15) is 12.4 Å². The second kappa shape index (κ2) is 13.5. The number of aromatic nitrogens is 3. The van der Waals surface area contributed by atoms with Gasteiger partial charge in [0.15, 0.2) is 11.8 Å². The lowest BCUT2D eigenvalue weighted by Crippen LogP contribution is -2.39.